The maximum absolute atomic E-state index is 12.7. The molecule has 0 aliphatic rings. The van der Waals surface area contributed by atoms with Crippen molar-refractivity contribution in [3.8, 4) is 6.07 Å². The highest BCUT2D eigenvalue weighted by molar-refractivity contribution is 7.99. The molecule has 1 atom stereocenters. The van der Waals surface area contributed by atoms with E-state index < -0.39 is 5.25 Å². The van der Waals surface area contributed by atoms with E-state index in [-0.39, 0.29) is 5.78 Å². The van der Waals surface area contributed by atoms with Crippen molar-refractivity contribution in [2.24, 2.45) is 0 Å². The van der Waals surface area contributed by atoms with Gasteiger partial charge in [0.15, 0.2) is 5.78 Å². The van der Waals surface area contributed by atoms with Crippen LogP contribution in [0.2, 0.25) is 0 Å². The summed E-state index contributed by atoms with van der Waals surface area (Å²) in [5.41, 5.74) is 8.31. The minimum absolute atomic E-state index is 0.138. The molecule has 0 saturated heterocycles. The number of para-hydroxylation sites is 1. The van der Waals surface area contributed by atoms with Crippen LogP contribution in [0.25, 0.3) is 0 Å². The molecule has 122 valence electrons. The molecule has 0 aliphatic carbocycles. The van der Waals surface area contributed by atoms with Crippen molar-refractivity contribution in [2.45, 2.75) is 10.1 Å². The van der Waals surface area contributed by atoms with E-state index in [4.69, 9.17) is 5.73 Å². The summed E-state index contributed by atoms with van der Waals surface area (Å²) < 4.78 is 0. The number of ketones is 1. The van der Waals surface area contributed by atoms with Crippen molar-refractivity contribution in [3.05, 3.63) is 95.6 Å². The number of benzene rings is 3. The van der Waals surface area contributed by atoms with Gasteiger partial charge in [0.2, 0.25) is 0 Å². The van der Waals surface area contributed by atoms with E-state index >= 15 is 0 Å². The maximum atomic E-state index is 12.7. The van der Waals surface area contributed by atoms with Gasteiger partial charge >= 0.3 is 0 Å². The fourth-order valence-electron chi connectivity index (χ4n) is 2.55. The second-order valence-electron chi connectivity index (χ2n) is 5.44. The van der Waals surface area contributed by atoms with E-state index in [1.807, 2.05) is 48.5 Å². The van der Waals surface area contributed by atoms with Crippen LogP contribution in [0.5, 0.6) is 0 Å². The van der Waals surface area contributed by atoms with Crippen LogP contribution < -0.4 is 5.73 Å². The Balaban J connectivity index is 1.95. The van der Waals surface area contributed by atoms with Crippen LogP contribution in [-0.4, -0.2) is 5.78 Å². The number of thioether (sulfide) groups is 1. The lowest BCUT2D eigenvalue weighted by atomic mass is 9.98. The van der Waals surface area contributed by atoms with Gasteiger partial charge in [0.25, 0.3) is 0 Å². The van der Waals surface area contributed by atoms with E-state index in [0.717, 1.165) is 4.90 Å². The van der Waals surface area contributed by atoms with Gasteiger partial charge in [-0.2, -0.15) is 5.26 Å². The van der Waals surface area contributed by atoms with Crippen molar-refractivity contribution in [3.63, 3.8) is 0 Å². The molecule has 3 aromatic rings. The van der Waals surface area contributed by atoms with Crippen molar-refractivity contribution in [2.75, 3.05) is 5.73 Å². The molecule has 0 heterocycles. The second kappa shape index (κ2) is 7.69. The summed E-state index contributed by atoms with van der Waals surface area (Å²) in [5, 5.41) is 9.12. The topological polar surface area (TPSA) is 66.9 Å². The first-order valence-electron chi connectivity index (χ1n) is 7.80. The second-order valence-corrected chi connectivity index (χ2v) is 6.62. The van der Waals surface area contributed by atoms with E-state index in [9.17, 15) is 10.1 Å². The number of nitrogens with two attached hydrogens (primary N) is 1. The van der Waals surface area contributed by atoms with E-state index in [1.54, 1.807) is 30.3 Å². The lowest BCUT2D eigenvalue weighted by molar-refractivity contribution is 0.103. The zero-order valence-electron chi connectivity index (χ0n) is 13.4. The highest BCUT2D eigenvalue weighted by Crippen LogP contribution is 2.38. The zero-order valence-corrected chi connectivity index (χ0v) is 14.2. The molecule has 0 fully saturated rings. The smallest absolute Gasteiger partial charge is 0.195 e. The molecule has 0 spiro atoms. The number of carbonyl (C=O) groups excluding carboxylic acids is 1. The Kier molecular flexibility index (Phi) is 5.17. The molecule has 3 rings (SSSR count). The Hall–Kier alpha value is -3.03. The molecule has 0 amide bonds. The molecular weight excluding hydrogens is 328 g/mol. The molecule has 0 aliphatic heterocycles. The number of hydrogen-bond donors (Lipinski definition) is 1. The number of nitrogen functional groups attached to an aromatic ring is 1. The third kappa shape index (κ3) is 3.73. The van der Waals surface area contributed by atoms with Gasteiger partial charge < -0.3 is 5.73 Å². The van der Waals surface area contributed by atoms with E-state index in [2.05, 4.69) is 6.07 Å². The van der Waals surface area contributed by atoms with Gasteiger partial charge in [-0.1, -0.05) is 60.7 Å². The number of anilines is 1. The van der Waals surface area contributed by atoms with Crippen molar-refractivity contribution >= 4 is 23.2 Å². The molecule has 0 radical (unpaired) electrons. The summed E-state index contributed by atoms with van der Waals surface area (Å²) in [5.74, 6) is -0.138. The first kappa shape index (κ1) is 16.8. The van der Waals surface area contributed by atoms with Crippen LogP contribution in [-0.2, 0) is 0 Å². The van der Waals surface area contributed by atoms with Crippen LogP contribution in [0, 0.1) is 11.3 Å². The van der Waals surface area contributed by atoms with Crippen LogP contribution >= 0.6 is 11.8 Å². The van der Waals surface area contributed by atoms with Crippen molar-refractivity contribution < 1.29 is 4.79 Å². The lowest BCUT2D eigenvalue weighted by Crippen LogP contribution is -2.08. The molecule has 2 N–H and O–H groups in total. The van der Waals surface area contributed by atoms with Gasteiger partial charge in [-0.05, 0) is 18.2 Å². The van der Waals surface area contributed by atoms with Crippen molar-refractivity contribution in [1.29, 1.82) is 5.26 Å². The highest BCUT2D eigenvalue weighted by Gasteiger charge is 2.20. The Morgan fingerprint density at radius 1 is 0.920 bits per heavy atom. The molecule has 3 nitrogen and oxygen atoms in total. The first-order valence-corrected chi connectivity index (χ1v) is 8.68. The number of rotatable bonds is 5. The third-order valence-corrected chi connectivity index (χ3v) is 4.96. The SMILES string of the molecule is N#CC(Sc1ccccc1)c1cccc(C(=O)c2ccccc2)c1N. The van der Waals surface area contributed by atoms with Crippen LogP contribution in [0.1, 0.15) is 26.7 Å². The van der Waals surface area contributed by atoms with Gasteiger partial charge in [0.1, 0.15) is 5.25 Å². The monoisotopic (exact) mass is 344 g/mol. The van der Waals surface area contributed by atoms with Gasteiger partial charge in [0, 0.05) is 27.3 Å². The summed E-state index contributed by atoms with van der Waals surface area (Å²) in [6, 6.07) is 26.3. The van der Waals surface area contributed by atoms with Crippen LogP contribution in [0.3, 0.4) is 0 Å². The van der Waals surface area contributed by atoms with Crippen LogP contribution in [0.4, 0.5) is 5.69 Å². The molecule has 0 bridgehead atoms. The van der Waals surface area contributed by atoms with Gasteiger partial charge in [-0.3, -0.25) is 4.79 Å². The molecule has 0 aromatic heterocycles. The summed E-state index contributed by atoms with van der Waals surface area (Å²) in [6.45, 7) is 0. The minimum atomic E-state index is -0.481. The number of nitrogens with zero attached hydrogens (tertiary/aromatic N) is 1. The van der Waals surface area contributed by atoms with Gasteiger partial charge in [-0.15, -0.1) is 11.8 Å². The summed E-state index contributed by atoms with van der Waals surface area (Å²) in [6.07, 6.45) is 0. The maximum Gasteiger partial charge on any atom is 0.195 e. The Bertz CT molecular complexity index is 918. The largest absolute Gasteiger partial charge is 0.398 e. The van der Waals surface area contributed by atoms with Gasteiger partial charge in [0.05, 0.1) is 6.07 Å². The van der Waals surface area contributed by atoms with Crippen LogP contribution in [0.15, 0.2) is 83.8 Å². The fourth-order valence-corrected chi connectivity index (χ4v) is 3.52. The summed E-state index contributed by atoms with van der Waals surface area (Å²) in [4.78, 5) is 13.7. The number of hydrogen-bond acceptors (Lipinski definition) is 4. The standard InChI is InChI=1S/C21H16N2OS/c22-14-19(25-16-10-5-2-6-11-16)17-12-7-13-18(20(17)23)21(24)15-8-3-1-4-9-15/h1-13,19H,23H2. The lowest BCUT2D eigenvalue weighted by Gasteiger charge is -2.14. The average molecular weight is 344 g/mol. The number of nitriles is 1. The van der Waals surface area contributed by atoms with E-state index in [1.165, 1.54) is 11.8 Å². The quantitative estimate of drug-likeness (QED) is 0.408. The minimum Gasteiger partial charge on any atom is -0.398 e. The van der Waals surface area contributed by atoms with E-state index in [0.29, 0.717) is 22.4 Å². The Labute approximate surface area is 151 Å². The predicted octanol–water partition coefficient (Wildman–Crippen LogP) is 4.86. The molecule has 4 heteroatoms. The molecule has 25 heavy (non-hydrogen) atoms. The third-order valence-electron chi connectivity index (χ3n) is 3.82. The molecular formula is C21H16N2OS. The predicted molar refractivity (Wildman–Crippen MR) is 101 cm³/mol. The van der Waals surface area contributed by atoms with Crippen molar-refractivity contribution in [1.82, 2.24) is 0 Å². The Morgan fingerprint density at radius 2 is 1.56 bits per heavy atom. The average Bonchev–Trinajstić information content (AvgIpc) is 2.67. The summed E-state index contributed by atoms with van der Waals surface area (Å²) >= 11 is 1.42. The fraction of sp³-hybridized carbons (Fsp3) is 0.0476. The molecule has 1 unspecified atom stereocenters. The van der Waals surface area contributed by atoms with Gasteiger partial charge in [-0.25, -0.2) is 0 Å². The first-order chi connectivity index (χ1) is 12.2. The molecule has 0 saturated carbocycles. The molecule has 3 aromatic carbocycles. The Morgan fingerprint density at radius 3 is 2.20 bits per heavy atom. The highest BCUT2D eigenvalue weighted by atomic mass is 32.2. The number of carbonyl (C=O) groups is 1. The normalized spacial score (nSPS) is 11.5. The zero-order chi connectivity index (χ0) is 17.6. The summed E-state index contributed by atoms with van der Waals surface area (Å²) in [7, 11) is 0.